The molecule has 1 heterocycles. The number of aromatic nitrogens is 1. The van der Waals surface area contributed by atoms with Crippen LogP contribution in [0.5, 0.6) is 0 Å². The summed E-state index contributed by atoms with van der Waals surface area (Å²) in [6.07, 6.45) is 7.34. The van der Waals surface area contributed by atoms with Crippen LogP contribution in [0.25, 0.3) is 10.9 Å². The number of rotatable bonds is 1. The first-order valence-electron chi connectivity index (χ1n) is 6.39. The van der Waals surface area contributed by atoms with Gasteiger partial charge < -0.3 is 4.98 Å². The molecule has 0 radical (unpaired) electrons. The van der Waals surface area contributed by atoms with Gasteiger partial charge in [-0.15, -0.1) is 0 Å². The summed E-state index contributed by atoms with van der Waals surface area (Å²) in [5.74, 6) is 0.620. The fourth-order valence-corrected chi connectivity index (χ4v) is 3.11. The van der Waals surface area contributed by atoms with E-state index in [0.29, 0.717) is 5.92 Å². The van der Waals surface area contributed by atoms with Crippen molar-refractivity contribution in [3.8, 4) is 0 Å². The predicted molar refractivity (Wildman–Crippen MR) is 69.0 cm³/mol. The summed E-state index contributed by atoms with van der Waals surface area (Å²) in [6.45, 7) is 4.62. The Morgan fingerprint density at radius 3 is 2.81 bits per heavy atom. The number of benzene rings is 1. The topological polar surface area (TPSA) is 15.8 Å². The molecule has 3 rings (SSSR count). The van der Waals surface area contributed by atoms with E-state index in [9.17, 15) is 0 Å². The van der Waals surface area contributed by atoms with Crippen LogP contribution in [0.4, 0.5) is 0 Å². The van der Waals surface area contributed by atoms with E-state index in [1.807, 2.05) is 0 Å². The van der Waals surface area contributed by atoms with Crippen molar-refractivity contribution in [1.29, 1.82) is 0 Å². The number of hydrogen-bond donors (Lipinski definition) is 1. The molecule has 16 heavy (non-hydrogen) atoms. The van der Waals surface area contributed by atoms with Crippen LogP contribution in [-0.2, 0) is 12.8 Å². The first-order valence-corrected chi connectivity index (χ1v) is 6.39. The van der Waals surface area contributed by atoms with Gasteiger partial charge in [0, 0.05) is 11.7 Å². The Balaban J connectivity index is 2.35. The van der Waals surface area contributed by atoms with Crippen molar-refractivity contribution in [3.05, 3.63) is 35.0 Å². The molecule has 1 heteroatoms. The van der Waals surface area contributed by atoms with E-state index in [0.717, 1.165) is 0 Å². The Hall–Kier alpha value is -1.24. The molecule has 1 aromatic carbocycles. The van der Waals surface area contributed by atoms with E-state index in [4.69, 9.17) is 0 Å². The van der Waals surface area contributed by atoms with Gasteiger partial charge in [-0.2, -0.15) is 0 Å². The molecule has 0 spiro atoms. The van der Waals surface area contributed by atoms with Crippen LogP contribution in [0, 0.1) is 0 Å². The van der Waals surface area contributed by atoms with Gasteiger partial charge in [-0.1, -0.05) is 13.8 Å². The molecule has 0 amide bonds. The first kappa shape index (κ1) is 9.95. The van der Waals surface area contributed by atoms with E-state index in [1.54, 1.807) is 16.7 Å². The zero-order valence-electron chi connectivity index (χ0n) is 10.1. The number of H-pyrrole nitrogens is 1. The minimum absolute atomic E-state index is 0.620. The highest BCUT2D eigenvalue weighted by Crippen LogP contribution is 2.34. The zero-order valence-corrected chi connectivity index (χ0v) is 10.1. The highest BCUT2D eigenvalue weighted by molar-refractivity contribution is 5.85. The van der Waals surface area contributed by atoms with Crippen molar-refractivity contribution in [1.82, 2.24) is 4.98 Å². The van der Waals surface area contributed by atoms with Gasteiger partial charge in [0.15, 0.2) is 0 Å². The number of aromatic amines is 1. The Morgan fingerprint density at radius 2 is 2.00 bits per heavy atom. The summed E-state index contributed by atoms with van der Waals surface area (Å²) in [6, 6.07) is 4.60. The van der Waals surface area contributed by atoms with Crippen LogP contribution in [0.1, 0.15) is 49.3 Å². The second kappa shape index (κ2) is 3.65. The average Bonchev–Trinajstić information content (AvgIpc) is 2.72. The normalized spacial score (nSPS) is 15.7. The van der Waals surface area contributed by atoms with E-state index in [1.165, 1.54) is 36.6 Å². The fourth-order valence-electron chi connectivity index (χ4n) is 3.11. The van der Waals surface area contributed by atoms with Crippen molar-refractivity contribution in [3.63, 3.8) is 0 Å². The quantitative estimate of drug-likeness (QED) is 0.731. The van der Waals surface area contributed by atoms with Crippen LogP contribution in [0.15, 0.2) is 18.3 Å². The molecule has 1 aliphatic rings. The third-order valence-electron chi connectivity index (χ3n) is 3.79. The molecule has 0 unspecified atom stereocenters. The van der Waals surface area contributed by atoms with Gasteiger partial charge in [0.2, 0.25) is 0 Å². The molecule has 0 saturated heterocycles. The summed E-state index contributed by atoms with van der Waals surface area (Å²) in [5, 5.41) is 1.39. The predicted octanol–water partition coefficient (Wildman–Crippen LogP) is 4.17. The van der Waals surface area contributed by atoms with Gasteiger partial charge in [0.25, 0.3) is 0 Å². The SMILES string of the molecule is CC(C)c1c2c(cc3cc[nH]c13)CCCC2. The fraction of sp³-hybridized carbons (Fsp3) is 0.467. The maximum Gasteiger partial charge on any atom is 0.0492 e. The molecule has 0 atom stereocenters. The van der Waals surface area contributed by atoms with Crippen molar-refractivity contribution >= 4 is 10.9 Å². The molecular formula is C15H19N. The molecule has 0 aliphatic heterocycles. The van der Waals surface area contributed by atoms with Crippen molar-refractivity contribution in [2.75, 3.05) is 0 Å². The molecule has 1 aromatic heterocycles. The summed E-state index contributed by atoms with van der Waals surface area (Å²) in [4.78, 5) is 3.42. The lowest BCUT2D eigenvalue weighted by molar-refractivity contribution is 0.673. The molecule has 1 aliphatic carbocycles. The first-order chi connectivity index (χ1) is 7.77. The average molecular weight is 213 g/mol. The van der Waals surface area contributed by atoms with E-state index in [2.05, 4.69) is 37.2 Å². The molecule has 1 nitrogen and oxygen atoms in total. The van der Waals surface area contributed by atoms with Gasteiger partial charge in [0.1, 0.15) is 0 Å². The van der Waals surface area contributed by atoms with E-state index >= 15 is 0 Å². The monoisotopic (exact) mass is 213 g/mol. The molecule has 0 saturated carbocycles. The largest absolute Gasteiger partial charge is 0.361 e. The second-order valence-corrected chi connectivity index (χ2v) is 5.23. The maximum atomic E-state index is 3.42. The zero-order chi connectivity index (χ0) is 11.1. The third-order valence-corrected chi connectivity index (χ3v) is 3.79. The Morgan fingerprint density at radius 1 is 1.19 bits per heavy atom. The molecule has 1 N–H and O–H groups in total. The minimum atomic E-state index is 0.620. The highest BCUT2D eigenvalue weighted by Gasteiger charge is 2.18. The van der Waals surface area contributed by atoms with Gasteiger partial charge in [0.05, 0.1) is 0 Å². The van der Waals surface area contributed by atoms with Crippen molar-refractivity contribution in [2.45, 2.75) is 45.4 Å². The molecule has 0 fully saturated rings. The van der Waals surface area contributed by atoms with E-state index in [-0.39, 0.29) is 0 Å². The minimum Gasteiger partial charge on any atom is -0.361 e. The number of fused-ring (bicyclic) bond motifs is 2. The van der Waals surface area contributed by atoms with Crippen molar-refractivity contribution < 1.29 is 0 Å². The smallest absolute Gasteiger partial charge is 0.0492 e. The van der Waals surface area contributed by atoms with Crippen LogP contribution < -0.4 is 0 Å². The van der Waals surface area contributed by atoms with Gasteiger partial charge in [-0.3, -0.25) is 0 Å². The molecule has 84 valence electrons. The van der Waals surface area contributed by atoms with Crippen LogP contribution in [0.2, 0.25) is 0 Å². The Kier molecular flexibility index (Phi) is 2.27. The Bertz CT molecular complexity index is 519. The van der Waals surface area contributed by atoms with Gasteiger partial charge >= 0.3 is 0 Å². The molecular weight excluding hydrogens is 194 g/mol. The van der Waals surface area contributed by atoms with Crippen LogP contribution in [-0.4, -0.2) is 4.98 Å². The lowest BCUT2D eigenvalue weighted by atomic mass is 9.83. The van der Waals surface area contributed by atoms with E-state index < -0.39 is 0 Å². The van der Waals surface area contributed by atoms with Crippen LogP contribution >= 0.6 is 0 Å². The summed E-state index contributed by atoms with van der Waals surface area (Å²) in [5.41, 5.74) is 6.17. The van der Waals surface area contributed by atoms with Crippen LogP contribution in [0.3, 0.4) is 0 Å². The number of aryl methyl sites for hydroxylation is 1. The lowest BCUT2D eigenvalue weighted by Gasteiger charge is -2.22. The maximum absolute atomic E-state index is 3.42. The summed E-state index contributed by atoms with van der Waals surface area (Å²) >= 11 is 0. The van der Waals surface area contributed by atoms with Gasteiger partial charge in [-0.05, 0) is 65.8 Å². The third kappa shape index (κ3) is 1.38. The van der Waals surface area contributed by atoms with Gasteiger partial charge in [-0.25, -0.2) is 0 Å². The Labute approximate surface area is 96.9 Å². The molecule has 0 bridgehead atoms. The molecule has 2 aromatic rings. The lowest BCUT2D eigenvalue weighted by Crippen LogP contribution is -2.08. The summed E-state index contributed by atoms with van der Waals surface area (Å²) in [7, 11) is 0. The van der Waals surface area contributed by atoms with Crippen molar-refractivity contribution in [2.24, 2.45) is 0 Å². The number of nitrogens with one attached hydrogen (secondary N) is 1. The standard InChI is InChI=1S/C15H19N/c1-10(2)14-13-6-4-3-5-11(13)9-12-7-8-16-15(12)14/h7-10,16H,3-6H2,1-2H3. The summed E-state index contributed by atoms with van der Waals surface area (Å²) < 4.78 is 0. The number of hydrogen-bond acceptors (Lipinski definition) is 0. The highest BCUT2D eigenvalue weighted by atomic mass is 14.7. The second-order valence-electron chi connectivity index (χ2n) is 5.23.